The van der Waals surface area contributed by atoms with Crippen LogP contribution in [0.1, 0.15) is 56.6 Å². The van der Waals surface area contributed by atoms with Gasteiger partial charge in [-0.3, -0.25) is 9.69 Å². The summed E-state index contributed by atoms with van der Waals surface area (Å²) in [7, 11) is 3.56. The second-order valence-corrected chi connectivity index (χ2v) is 12.1. The van der Waals surface area contributed by atoms with Gasteiger partial charge in [-0.25, -0.2) is 0 Å². The number of likely N-dealkylation sites (tertiary alicyclic amines) is 1. The van der Waals surface area contributed by atoms with Gasteiger partial charge in [0.15, 0.2) is 11.5 Å². The average molecular weight is 483 g/mol. The fourth-order valence-corrected chi connectivity index (χ4v) is 9.21. The summed E-state index contributed by atoms with van der Waals surface area (Å²) in [5, 5.41) is 0. The van der Waals surface area contributed by atoms with Gasteiger partial charge in [-0.2, -0.15) is 0 Å². The molecule has 7 aliphatic rings. The third-order valence-corrected chi connectivity index (χ3v) is 10.8. The number of nitrogens with zero attached hydrogens (tertiary/aromatic N) is 1. The predicted molar refractivity (Wildman–Crippen MR) is 130 cm³/mol. The molecule has 1 aromatic carbocycles. The Kier molecular flexibility index (Phi) is 4.70. The molecule has 1 unspecified atom stereocenters. The van der Waals surface area contributed by atoms with Gasteiger partial charge in [0, 0.05) is 42.0 Å². The van der Waals surface area contributed by atoms with Crippen LogP contribution in [0.5, 0.6) is 11.5 Å². The van der Waals surface area contributed by atoms with E-state index >= 15 is 0 Å². The fourth-order valence-electron chi connectivity index (χ4n) is 9.21. The highest BCUT2D eigenvalue weighted by Gasteiger charge is 2.80. The van der Waals surface area contributed by atoms with Gasteiger partial charge in [-0.1, -0.05) is 6.07 Å². The second-order valence-electron chi connectivity index (χ2n) is 12.1. The molecule has 4 bridgehead atoms. The number of rotatable bonds is 7. The van der Waals surface area contributed by atoms with Crippen molar-refractivity contribution in [3.63, 3.8) is 0 Å². The quantitative estimate of drug-likeness (QED) is 0.599. The molecule has 7 nitrogen and oxygen atoms in total. The Hall–Kier alpha value is -1.83. The van der Waals surface area contributed by atoms with Crippen molar-refractivity contribution in [2.24, 2.45) is 23.0 Å². The van der Waals surface area contributed by atoms with Gasteiger partial charge in [-0.05, 0) is 76.0 Å². The summed E-state index contributed by atoms with van der Waals surface area (Å²) in [6, 6.07) is 4.23. The number of fused-ring (bicyclic) bond motifs is 2. The maximum Gasteiger partial charge on any atom is 0.322 e. The van der Waals surface area contributed by atoms with Gasteiger partial charge in [0.1, 0.15) is 17.7 Å². The fraction of sp³-hybridized carbons (Fsp3) is 0.750. The van der Waals surface area contributed by atoms with Crippen molar-refractivity contribution in [1.82, 2.24) is 4.90 Å². The number of esters is 1. The van der Waals surface area contributed by atoms with Crippen LogP contribution in [0, 0.1) is 17.3 Å². The Labute approximate surface area is 207 Å². The summed E-state index contributed by atoms with van der Waals surface area (Å²) in [5.41, 5.74) is 8.16. The van der Waals surface area contributed by atoms with Crippen molar-refractivity contribution < 1.29 is 23.7 Å². The minimum Gasteiger partial charge on any atom is -0.493 e. The third kappa shape index (κ3) is 2.65. The Morgan fingerprint density at radius 2 is 2.09 bits per heavy atom. The summed E-state index contributed by atoms with van der Waals surface area (Å²) in [6.07, 6.45) is 7.83. The Balaban J connectivity index is 1.38. The zero-order chi connectivity index (χ0) is 24.2. The highest BCUT2D eigenvalue weighted by Crippen LogP contribution is 2.76. The standard InChI is InChI=1S/C28H38N2O5/c1-16(29)24(31)34-15-19-13-26-8-9-28(19,33-3)25-27(26)10-11-30(14-17-4-5-17)21(26)12-18-6-7-20(32-2)23(35-25)22(18)27/h6-7,16-17,19,21,25H,4-5,8-15,29H2,1-3H3/t16-,19+,21+,25?,26+,27-,28+/m0/s1. The Morgan fingerprint density at radius 1 is 1.26 bits per heavy atom. The van der Waals surface area contributed by atoms with Crippen LogP contribution in [-0.4, -0.2) is 68.6 Å². The highest BCUT2D eigenvalue weighted by atomic mass is 16.6. The smallest absolute Gasteiger partial charge is 0.322 e. The maximum atomic E-state index is 12.4. The van der Waals surface area contributed by atoms with Crippen molar-refractivity contribution in [2.45, 2.75) is 81.1 Å². The van der Waals surface area contributed by atoms with E-state index in [0.29, 0.717) is 12.6 Å². The number of benzene rings is 1. The lowest BCUT2D eigenvalue weighted by Gasteiger charge is -2.73. The zero-order valence-corrected chi connectivity index (χ0v) is 21.2. The van der Waals surface area contributed by atoms with E-state index in [-0.39, 0.29) is 28.8 Å². The largest absolute Gasteiger partial charge is 0.493 e. The van der Waals surface area contributed by atoms with Crippen molar-refractivity contribution in [3.8, 4) is 11.5 Å². The number of hydrogen-bond acceptors (Lipinski definition) is 7. The van der Waals surface area contributed by atoms with Gasteiger partial charge in [0.2, 0.25) is 0 Å². The van der Waals surface area contributed by atoms with Gasteiger partial charge in [0.05, 0.1) is 13.7 Å². The number of hydrogen-bond donors (Lipinski definition) is 1. The topological polar surface area (TPSA) is 83.2 Å². The molecule has 8 rings (SSSR count). The van der Waals surface area contributed by atoms with Gasteiger partial charge >= 0.3 is 5.97 Å². The van der Waals surface area contributed by atoms with E-state index in [1.807, 2.05) is 7.11 Å². The molecule has 0 aromatic heterocycles. The summed E-state index contributed by atoms with van der Waals surface area (Å²) in [4.78, 5) is 15.2. The number of piperidine rings is 1. The summed E-state index contributed by atoms with van der Waals surface area (Å²) in [6.45, 7) is 4.34. The number of methoxy groups -OCH3 is 2. The van der Waals surface area contributed by atoms with Gasteiger partial charge in [-0.15, -0.1) is 0 Å². The summed E-state index contributed by atoms with van der Waals surface area (Å²) in [5.74, 6) is 2.35. The van der Waals surface area contributed by atoms with Crippen molar-refractivity contribution in [1.29, 1.82) is 0 Å². The molecule has 7 atom stereocenters. The first-order valence-corrected chi connectivity index (χ1v) is 13.5. The number of nitrogens with two attached hydrogens (primary N) is 1. The molecular formula is C28H38N2O5. The van der Waals surface area contributed by atoms with Crippen molar-refractivity contribution >= 4 is 5.97 Å². The van der Waals surface area contributed by atoms with Crippen LogP contribution in [0.3, 0.4) is 0 Å². The minimum absolute atomic E-state index is 0.0762. The van der Waals surface area contributed by atoms with Crippen LogP contribution in [-0.2, 0) is 26.1 Å². The van der Waals surface area contributed by atoms with E-state index in [4.69, 9.17) is 24.7 Å². The molecule has 190 valence electrons. The van der Waals surface area contributed by atoms with E-state index < -0.39 is 11.6 Å². The number of ether oxygens (including phenoxy) is 4. The van der Waals surface area contributed by atoms with E-state index in [9.17, 15) is 4.79 Å². The molecule has 1 saturated heterocycles. The number of carbonyl (C=O) groups is 1. The molecule has 7 heteroatoms. The SMILES string of the molecule is COc1ccc2c3c1OC1[C@@]4(OC)CC[C@@]5(C[C@@H]4COC(=O)[C@H](C)N)[C@@H](C2)N(CC2CC2)CC[C@]315. The van der Waals surface area contributed by atoms with Gasteiger partial charge in [0.25, 0.3) is 0 Å². The molecule has 0 radical (unpaired) electrons. The van der Waals surface area contributed by atoms with Crippen LogP contribution < -0.4 is 15.2 Å². The average Bonchev–Trinajstić information content (AvgIpc) is 3.61. The zero-order valence-electron chi connectivity index (χ0n) is 21.2. The molecule has 2 N–H and O–H groups in total. The van der Waals surface area contributed by atoms with Crippen LogP contribution in [0.15, 0.2) is 12.1 Å². The molecule has 2 heterocycles. The van der Waals surface area contributed by atoms with Crippen LogP contribution in [0.25, 0.3) is 0 Å². The lowest BCUT2D eigenvalue weighted by molar-refractivity contribution is -0.282. The lowest BCUT2D eigenvalue weighted by atomic mass is 9.35. The first-order valence-electron chi connectivity index (χ1n) is 13.5. The first kappa shape index (κ1) is 22.4. The molecule has 2 spiro atoms. The normalized spacial score (nSPS) is 41.2. The van der Waals surface area contributed by atoms with E-state index in [0.717, 1.165) is 56.1 Å². The second kappa shape index (κ2) is 7.36. The van der Waals surface area contributed by atoms with Crippen LogP contribution in [0.4, 0.5) is 0 Å². The molecule has 1 aromatic rings. The molecule has 5 fully saturated rings. The molecule has 4 saturated carbocycles. The third-order valence-electron chi connectivity index (χ3n) is 10.8. The van der Waals surface area contributed by atoms with E-state index in [1.165, 1.54) is 30.5 Å². The molecule has 2 aliphatic heterocycles. The first-order chi connectivity index (χ1) is 16.9. The van der Waals surface area contributed by atoms with Crippen LogP contribution >= 0.6 is 0 Å². The summed E-state index contributed by atoms with van der Waals surface area (Å²) < 4.78 is 25.1. The highest BCUT2D eigenvalue weighted by molar-refractivity contribution is 5.75. The monoisotopic (exact) mass is 482 g/mol. The van der Waals surface area contributed by atoms with Crippen LogP contribution in [0.2, 0.25) is 0 Å². The number of carbonyl (C=O) groups excluding carboxylic acids is 1. The Bertz CT molecular complexity index is 1070. The predicted octanol–water partition coefficient (Wildman–Crippen LogP) is 2.81. The Morgan fingerprint density at radius 3 is 2.80 bits per heavy atom. The maximum absolute atomic E-state index is 12.4. The van der Waals surface area contributed by atoms with E-state index in [2.05, 4.69) is 17.0 Å². The molecular weight excluding hydrogens is 444 g/mol. The van der Waals surface area contributed by atoms with E-state index in [1.54, 1.807) is 14.0 Å². The van der Waals surface area contributed by atoms with Crippen molar-refractivity contribution in [2.75, 3.05) is 33.9 Å². The van der Waals surface area contributed by atoms with Gasteiger partial charge < -0.3 is 24.7 Å². The minimum atomic E-state index is -0.624. The van der Waals surface area contributed by atoms with Crippen molar-refractivity contribution in [3.05, 3.63) is 23.3 Å². The molecule has 35 heavy (non-hydrogen) atoms. The lowest BCUT2D eigenvalue weighted by Crippen LogP contribution is -2.81. The molecule has 5 aliphatic carbocycles. The summed E-state index contributed by atoms with van der Waals surface area (Å²) >= 11 is 0. The molecule has 0 amide bonds.